The number of rotatable bonds is 4. The van der Waals surface area contributed by atoms with E-state index in [9.17, 15) is 0 Å². The van der Waals surface area contributed by atoms with Crippen LogP contribution in [-0.2, 0) is 0 Å². The Morgan fingerprint density at radius 3 is 2.63 bits per heavy atom. The van der Waals surface area contributed by atoms with Crippen LogP contribution in [0.15, 0.2) is 44.0 Å². The van der Waals surface area contributed by atoms with Crippen LogP contribution < -0.4 is 11.5 Å². The molecule has 0 amide bonds. The van der Waals surface area contributed by atoms with Crippen molar-refractivity contribution < 1.29 is 4.63 Å². The highest BCUT2D eigenvalue weighted by atomic mass is 32.2. The van der Waals surface area contributed by atoms with E-state index in [1.807, 2.05) is 30.5 Å². The predicted octanol–water partition coefficient (Wildman–Crippen LogP) is 1.11. The number of nitrogens with two attached hydrogens (primary N) is 2. The molecule has 1 aromatic carbocycles. The van der Waals surface area contributed by atoms with Gasteiger partial charge >= 0.3 is 0 Å². The third kappa shape index (κ3) is 3.32. The van der Waals surface area contributed by atoms with Gasteiger partial charge in [0, 0.05) is 4.90 Å². The zero-order chi connectivity index (χ0) is 13.7. The first-order chi connectivity index (χ1) is 9.20. The Morgan fingerprint density at radius 2 is 2.05 bits per heavy atom. The van der Waals surface area contributed by atoms with Gasteiger partial charge in [0.05, 0.1) is 6.21 Å². The minimum absolute atomic E-state index is 0.0516. The maximum Gasteiger partial charge on any atom is 0.199 e. The third-order valence-corrected chi connectivity index (χ3v) is 2.99. The lowest BCUT2D eigenvalue weighted by Gasteiger charge is -1.95. The standard InChI is InChI=1S/C11H12N6OS/c1-19-8-4-2-7(3-5-8)6-14-15-10(12)9-11(13)17-18-16-9/h2-6H,1H3,(H2,12,15)(H2,13,17)/b14-6-. The van der Waals surface area contributed by atoms with Crippen LogP contribution in [0.5, 0.6) is 0 Å². The van der Waals surface area contributed by atoms with Gasteiger partial charge in [0.2, 0.25) is 0 Å². The van der Waals surface area contributed by atoms with Gasteiger partial charge in [-0.15, -0.1) is 16.9 Å². The number of nitrogens with zero attached hydrogens (tertiary/aromatic N) is 4. The summed E-state index contributed by atoms with van der Waals surface area (Å²) in [6.07, 6.45) is 3.60. The summed E-state index contributed by atoms with van der Waals surface area (Å²) in [6.45, 7) is 0. The van der Waals surface area contributed by atoms with Gasteiger partial charge in [-0.3, -0.25) is 0 Å². The fraction of sp³-hybridized carbons (Fsp3) is 0.0909. The average Bonchev–Trinajstić information content (AvgIpc) is 2.86. The molecule has 1 heterocycles. The number of thioether (sulfide) groups is 1. The van der Waals surface area contributed by atoms with E-state index in [2.05, 4.69) is 25.1 Å². The van der Waals surface area contributed by atoms with E-state index in [1.54, 1.807) is 18.0 Å². The van der Waals surface area contributed by atoms with Crippen LogP contribution in [0.25, 0.3) is 0 Å². The van der Waals surface area contributed by atoms with Gasteiger partial charge in [0.25, 0.3) is 0 Å². The molecule has 0 unspecified atom stereocenters. The van der Waals surface area contributed by atoms with Crippen LogP contribution in [0.3, 0.4) is 0 Å². The van der Waals surface area contributed by atoms with Crippen molar-refractivity contribution in [3.63, 3.8) is 0 Å². The maximum atomic E-state index is 5.64. The number of amidine groups is 1. The summed E-state index contributed by atoms with van der Waals surface area (Å²) in [4.78, 5) is 1.18. The zero-order valence-electron chi connectivity index (χ0n) is 10.1. The number of hydrogen-bond acceptors (Lipinski definition) is 7. The SMILES string of the molecule is CSc1ccc(/C=N\N=C(N)c2nonc2N)cc1. The zero-order valence-corrected chi connectivity index (χ0v) is 11.0. The van der Waals surface area contributed by atoms with Crippen molar-refractivity contribution in [3.05, 3.63) is 35.5 Å². The number of anilines is 1. The molecule has 0 atom stereocenters. The highest BCUT2D eigenvalue weighted by Crippen LogP contribution is 2.13. The summed E-state index contributed by atoms with van der Waals surface area (Å²) in [5, 5.41) is 14.6. The highest BCUT2D eigenvalue weighted by molar-refractivity contribution is 7.98. The van der Waals surface area contributed by atoms with E-state index in [1.165, 1.54) is 4.90 Å². The Morgan fingerprint density at radius 1 is 1.32 bits per heavy atom. The molecule has 2 aromatic rings. The van der Waals surface area contributed by atoms with Crippen molar-refractivity contribution in [1.29, 1.82) is 0 Å². The van der Waals surface area contributed by atoms with Crippen molar-refractivity contribution >= 4 is 29.6 Å². The number of benzene rings is 1. The number of nitrogen functional groups attached to an aromatic ring is 1. The molecule has 19 heavy (non-hydrogen) atoms. The molecule has 0 radical (unpaired) electrons. The molecule has 7 nitrogen and oxygen atoms in total. The molecule has 2 rings (SSSR count). The molecule has 98 valence electrons. The Balaban J connectivity index is 2.08. The molecular weight excluding hydrogens is 264 g/mol. The van der Waals surface area contributed by atoms with Gasteiger partial charge < -0.3 is 11.5 Å². The minimum atomic E-state index is 0.0516. The topological polar surface area (TPSA) is 116 Å². The van der Waals surface area contributed by atoms with E-state index in [4.69, 9.17) is 11.5 Å². The monoisotopic (exact) mass is 276 g/mol. The van der Waals surface area contributed by atoms with Gasteiger partial charge in [-0.1, -0.05) is 12.1 Å². The van der Waals surface area contributed by atoms with Crippen LogP contribution in [-0.4, -0.2) is 28.6 Å². The normalized spacial score (nSPS) is 12.2. The molecule has 1 aromatic heterocycles. The Labute approximate surface area is 113 Å². The molecule has 0 bridgehead atoms. The van der Waals surface area contributed by atoms with Crippen molar-refractivity contribution in [2.45, 2.75) is 4.90 Å². The van der Waals surface area contributed by atoms with Gasteiger partial charge in [0.15, 0.2) is 17.3 Å². The first-order valence-corrected chi connectivity index (χ1v) is 6.52. The van der Waals surface area contributed by atoms with Crippen LogP contribution in [0.2, 0.25) is 0 Å². The number of hydrogen-bond donors (Lipinski definition) is 2. The van der Waals surface area contributed by atoms with Crippen molar-refractivity contribution in [2.24, 2.45) is 15.9 Å². The minimum Gasteiger partial charge on any atom is -0.380 e. The predicted molar refractivity (Wildman–Crippen MR) is 75.3 cm³/mol. The molecule has 4 N–H and O–H groups in total. The quantitative estimate of drug-likeness (QED) is 0.374. The summed E-state index contributed by atoms with van der Waals surface area (Å²) in [5.41, 5.74) is 12.2. The van der Waals surface area contributed by atoms with Gasteiger partial charge in [-0.2, -0.15) is 5.10 Å². The van der Waals surface area contributed by atoms with E-state index in [-0.39, 0.29) is 17.3 Å². The third-order valence-electron chi connectivity index (χ3n) is 2.24. The summed E-state index contributed by atoms with van der Waals surface area (Å²) in [6, 6.07) is 7.87. The van der Waals surface area contributed by atoms with E-state index < -0.39 is 0 Å². The second-order valence-electron chi connectivity index (χ2n) is 3.50. The molecule has 8 heteroatoms. The highest BCUT2D eigenvalue weighted by Gasteiger charge is 2.09. The van der Waals surface area contributed by atoms with Crippen LogP contribution in [0, 0.1) is 0 Å². The summed E-state index contributed by atoms with van der Waals surface area (Å²) >= 11 is 1.67. The maximum absolute atomic E-state index is 5.64. The molecule has 0 spiro atoms. The summed E-state index contributed by atoms with van der Waals surface area (Å²) in [7, 11) is 0. The second kappa shape index (κ2) is 6.01. The van der Waals surface area contributed by atoms with Crippen LogP contribution in [0.1, 0.15) is 11.3 Å². The molecule has 0 fully saturated rings. The molecule has 0 saturated heterocycles. The van der Waals surface area contributed by atoms with Crippen molar-refractivity contribution in [1.82, 2.24) is 10.3 Å². The molecule has 0 aliphatic rings. The largest absolute Gasteiger partial charge is 0.380 e. The van der Waals surface area contributed by atoms with E-state index >= 15 is 0 Å². The van der Waals surface area contributed by atoms with Gasteiger partial charge in [0.1, 0.15) is 0 Å². The van der Waals surface area contributed by atoms with Gasteiger partial charge in [-0.25, -0.2) is 4.63 Å². The Kier molecular flexibility index (Phi) is 4.14. The fourth-order valence-electron chi connectivity index (χ4n) is 1.27. The molecule has 0 saturated carbocycles. The van der Waals surface area contributed by atoms with Crippen molar-refractivity contribution in [3.8, 4) is 0 Å². The number of aromatic nitrogens is 2. The fourth-order valence-corrected chi connectivity index (χ4v) is 1.68. The summed E-state index contributed by atoms with van der Waals surface area (Å²) in [5.74, 6) is 0.136. The Hall–Kier alpha value is -2.35. The van der Waals surface area contributed by atoms with Crippen LogP contribution in [0.4, 0.5) is 5.82 Å². The van der Waals surface area contributed by atoms with Gasteiger partial charge in [-0.05, 0) is 34.3 Å². The lowest BCUT2D eigenvalue weighted by atomic mass is 10.2. The van der Waals surface area contributed by atoms with E-state index in [0.29, 0.717) is 0 Å². The molecule has 0 aliphatic carbocycles. The van der Waals surface area contributed by atoms with Crippen molar-refractivity contribution in [2.75, 3.05) is 12.0 Å². The second-order valence-corrected chi connectivity index (χ2v) is 4.38. The Bertz CT molecular complexity index is 604. The summed E-state index contributed by atoms with van der Waals surface area (Å²) < 4.78 is 4.42. The van der Waals surface area contributed by atoms with Crippen LogP contribution >= 0.6 is 11.8 Å². The lowest BCUT2D eigenvalue weighted by molar-refractivity contribution is 0.308. The van der Waals surface area contributed by atoms with E-state index in [0.717, 1.165) is 5.56 Å². The lowest BCUT2D eigenvalue weighted by Crippen LogP contribution is -2.15. The smallest absolute Gasteiger partial charge is 0.199 e. The first-order valence-electron chi connectivity index (χ1n) is 5.29. The first kappa shape index (κ1) is 13.1. The molecule has 0 aliphatic heterocycles. The molecular formula is C11H12N6OS. The average molecular weight is 276 g/mol.